The van der Waals surface area contributed by atoms with Gasteiger partial charge in [0, 0.05) is 37.4 Å². The van der Waals surface area contributed by atoms with Crippen LogP contribution in [0, 0.1) is 39.5 Å². The van der Waals surface area contributed by atoms with Gasteiger partial charge in [-0.15, -0.1) is 0 Å². The monoisotopic (exact) mass is 439 g/mol. The summed E-state index contributed by atoms with van der Waals surface area (Å²) in [6, 6.07) is 7.84. The fourth-order valence-electron chi connectivity index (χ4n) is 5.15. The quantitative estimate of drug-likeness (QED) is 0.774. The van der Waals surface area contributed by atoms with Gasteiger partial charge in [-0.05, 0) is 75.6 Å². The summed E-state index contributed by atoms with van der Waals surface area (Å²) in [4.78, 5) is 30.9. The van der Waals surface area contributed by atoms with E-state index in [-0.39, 0.29) is 30.0 Å². The molecule has 1 saturated carbocycles. The number of nitrogens with zero attached hydrogens (tertiary/aromatic N) is 3. The van der Waals surface area contributed by atoms with E-state index in [4.69, 9.17) is 4.74 Å². The highest BCUT2D eigenvalue weighted by atomic mass is 16.5. The van der Waals surface area contributed by atoms with Crippen LogP contribution in [0.25, 0.3) is 0 Å². The molecule has 1 aromatic heterocycles. The molecule has 0 unspecified atom stereocenters. The highest BCUT2D eigenvalue weighted by molar-refractivity contribution is 5.76. The molecule has 2 heterocycles. The number of aliphatic hydroxyl groups excluding tert-OH is 1. The standard InChI is InChI=1S/C25H33N3O4/c1-15-6-5-7-22(18(15)4)32-23-12-20-14-27(13-19(20)11-21(23)29)24(30)8-9-28-17(3)10-16(2)26-25(28)31/h5-7,10,19-21,23,29H,8-9,11-14H2,1-4H3/t19-,20+,21+,23+/m0/s1. The Labute approximate surface area is 189 Å². The Balaban J connectivity index is 1.36. The molecule has 7 nitrogen and oxygen atoms in total. The van der Waals surface area contributed by atoms with Crippen LogP contribution in [0.4, 0.5) is 0 Å². The molecule has 1 N–H and O–H groups in total. The number of hydrogen-bond donors (Lipinski definition) is 1. The molecular weight excluding hydrogens is 406 g/mol. The van der Waals surface area contributed by atoms with E-state index in [1.165, 1.54) is 5.56 Å². The molecule has 1 aromatic carbocycles. The zero-order valence-corrected chi connectivity index (χ0v) is 19.4. The minimum absolute atomic E-state index is 0.0489. The second kappa shape index (κ2) is 9.06. The molecule has 7 heteroatoms. The second-order valence-corrected chi connectivity index (χ2v) is 9.44. The first-order valence-corrected chi connectivity index (χ1v) is 11.5. The summed E-state index contributed by atoms with van der Waals surface area (Å²) in [7, 11) is 0. The molecule has 0 spiro atoms. The van der Waals surface area contributed by atoms with Crippen molar-refractivity contribution in [1.82, 2.24) is 14.5 Å². The number of ether oxygens (including phenoxy) is 1. The molecule has 0 radical (unpaired) electrons. The van der Waals surface area contributed by atoms with Crippen LogP contribution < -0.4 is 10.4 Å². The van der Waals surface area contributed by atoms with Crippen LogP contribution in [-0.4, -0.2) is 50.8 Å². The summed E-state index contributed by atoms with van der Waals surface area (Å²) < 4.78 is 7.79. The van der Waals surface area contributed by atoms with Crippen molar-refractivity contribution in [3.05, 3.63) is 57.3 Å². The van der Waals surface area contributed by atoms with E-state index in [0.29, 0.717) is 37.7 Å². The van der Waals surface area contributed by atoms with Crippen LogP contribution in [0.1, 0.15) is 41.8 Å². The molecule has 2 aromatic rings. The number of carbonyl (C=O) groups excluding carboxylic acids is 1. The first-order chi connectivity index (χ1) is 15.2. The Morgan fingerprint density at radius 3 is 2.59 bits per heavy atom. The minimum Gasteiger partial charge on any atom is -0.487 e. The van der Waals surface area contributed by atoms with Gasteiger partial charge in [0.05, 0.1) is 6.10 Å². The van der Waals surface area contributed by atoms with Gasteiger partial charge in [-0.1, -0.05) is 12.1 Å². The van der Waals surface area contributed by atoms with E-state index in [0.717, 1.165) is 23.4 Å². The van der Waals surface area contributed by atoms with Crippen molar-refractivity contribution in [1.29, 1.82) is 0 Å². The third kappa shape index (κ3) is 4.58. The van der Waals surface area contributed by atoms with Crippen molar-refractivity contribution in [2.24, 2.45) is 11.8 Å². The van der Waals surface area contributed by atoms with Gasteiger partial charge < -0.3 is 14.7 Å². The second-order valence-electron chi connectivity index (χ2n) is 9.44. The number of aryl methyl sites for hydroxylation is 3. The molecule has 1 saturated heterocycles. The molecule has 1 amide bonds. The molecule has 4 atom stereocenters. The van der Waals surface area contributed by atoms with E-state index in [1.807, 2.05) is 36.9 Å². The highest BCUT2D eigenvalue weighted by Gasteiger charge is 2.43. The van der Waals surface area contributed by atoms with Gasteiger partial charge in [-0.2, -0.15) is 4.98 Å². The van der Waals surface area contributed by atoms with E-state index in [9.17, 15) is 14.7 Å². The summed E-state index contributed by atoms with van der Waals surface area (Å²) in [5.74, 6) is 1.49. The van der Waals surface area contributed by atoms with Crippen LogP contribution in [0.15, 0.2) is 29.1 Å². The average Bonchev–Trinajstić information content (AvgIpc) is 3.13. The molecular formula is C25H33N3O4. The highest BCUT2D eigenvalue weighted by Crippen LogP contribution is 2.38. The van der Waals surface area contributed by atoms with Gasteiger partial charge in [-0.25, -0.2) is 4.79 Å². The number of benzene rings is 1. The van der Waals surface area contributed by atoms with Gasteiger partial charge in [0.15, 0.2) is 0 Å². The third-order valence-corrected chi connectivity index (χ3v) is 7.17. The lowest BCUT2D eigenvalue weighted by atomic mass is 9.78. The molecule has 1 aliphatic heterocycles. The Kier molecular flexibility index (Phi) is 6.38. The maximum absolute atomic E-state index is 12.9. The first kappa shape index (κ1) is 22.5. The topological polar surface area (TPSA) is 84.7 Å². The lowest BCUT2D eigenvalue weighted by Crippen LogP contribution is -2.42. The maximum Gasteiger partial charge on any atom is 0.347 e. The number of fused-ring (bicyclic) bond motifs is 1. The predicted octanol–water partition coefficient (Wildman–Crippen LogP) is 2.54. The van der Waals surface area contributed by atoms with Crippen molar-refractivity contribution < 1.29 is 14.6 Å². The Bertz CT molecular complexity index is 1060. The maximum atomic E-state index is 12.9. The largest absolute Gasteiger partial charge is 0.487 e. The summed E-state index contributed by atoms with van der Waals surface area (Å²) in [5, 5.41) is 10.7. The number of rotatable bonds is 5. The third-order valence-electron chi connectivity index (χ3n) is 7.17. The summed E-state index contributed by atoms with van der Waals surface area (Å²) in [6.45, 7) is 9.43. The Morgan fingerprint density at radius 2 is 1.88 bits per heavy atom. The number of carbonyl (C=O) groups is 1. The van der Waals surface area contributed by atoms with E-state index >= 15 is 0 Å². The lowest BCUT2D eigenvalue weighted by Gasteiger charge is -2.35. The minimum atomic E-state index is -0.536. The summed E-state index contributed by atoms with van der Waals surface area (Å²) >= 11 is 0. The van der Waals surface area contributed by atoms with Crippen LogP contribution in [0.5, 0.6) is 5.75 Å². The van der Waals surface area contributed by atoms with E-state index < -0.39 is 6.10 Å². The van der Waals surface area contributed by atoms with Crippen LogP contribution >= 0.6 is 0 Å². The van der Waals surface area contributed by atoms with Gasteiger partial charge in [0.1, 0.15) is 11.9 Å². The fourth-order valence-corrected chi connectivity index (χ4v) is 5.15. The zero-order chi connectivity index (χ0) is 23.0. The summed E-state index contributed by atoms with van der Waals surface area (Å²) in [6.07, 6.45) is 0.863. The van der Waals surface area contributed by atoms with Crippen LogP contribution in [-0.2, 0) is 11.3 Å². The molecule has 2 aliphatic rings. The van der Waals surface area contributed by atoms with Crippen molar-refractivity contribution in [2.75, 3.05) is 13.1 Å². The SMILES string of the molecule is Cc1cc(C)n(CCC(=O)N2C[C@H]3C[C@@H](Oc4cccc(C)c4C)[C@H](O)C[C@H]3C2)c(=O)n1. The van der Waals surface area contributed by atoms with E-state index in [2.05, 4.69) is 18.0 Å². The number of aromatic nitrogens is 2. The number of hydrogen-bond acceptors (Lipinski definition) is 5. The van der Waals surface area contributed by atoms with Crippen molar-refractivity contribution in [3.63, 3.8) is 0 Å². The smallest absolute Gasteiger partial charge is 0.347 e. The van der Waals surface area contributed by atoms with Crippen molar-refractivity contribution >= 4 is 5.91 Å². The normalized spacial score (nSPS) is 25.0. The van der Waals surface area contributed by atoms with Crippen molar-refractivity contribution in [3.8, 4) is 5.75 Å². The zero-order valence-electron chi connectivity index (χ0n) is 19.4. The number of amides is 1. The lowest BCUT2D eigenvalue weighted by molar-refractivity contribution is -0.130. The van der Waals surface area contributed by atoms with Gasteiger partial charge in [0.25, 0.3) is 0 Å². The first-order valence-electron chi connectivity index (χ1n) is 11.5. The van der Waals surface area contributed by atoms with Gasteiger partial charge in [0.2, 0.25) is 5.91 Å². The summed E-state index contributed by atoms with van der Waals surface area (Å²) in [5.41, 5.74) is 3.47. The van der Waals surface area contributed by atoms with Crippen LogP contribution in [0.3, 0.4) is 0 Å². The molecule has 1 aliphatic carbocycles. The number of aliphatic hydroxyl groups is 1. The molecule has 32 heavy (non-hydrogen) atoms. The molecule has 2 fully saturated rings. The predicted molar refractivity (Wildman–Crippen MR) is 122 cm³/mol. The van der Waals surface area contributed by atoms with Gasteiger partial charge in [-0.3, -0.25) is 9.36 Å². The number of likely N-dealkylation sites (tertiary alicyclic amines) is 1. The molecule has 4 rings (SSSR count). The van der Waals surface area contributed by atoms with Crippen molar-refractivity contribution in [2.45, 2.75) is 65.7 Å². The fraction of sp³-hybridized carbons (Fsp3) is 0.560. The van der Waals surface area contributed by atoms with E-state index in [1.54, 1.807) is 11.5 Å². The Hall–Kier alpha value is -2.67. The van der Waals surface area contributed by atoms with Crippen LogP contribution in [0.2, 0.25) is 0 Å². The average molecular weight is 440 g/mol. The molecule has 0 bridgehead atoms. The molecule has 172 valence electrons. The Morgan fingerprint density at radius 1 is 1.16 bits per heavy atom. The van der Waals surface area contributed by atoms with Gasteiger partial charge >= 0.3 is 5.69 Å².